The normalized spacial score (nSPS) is 22.6. The molecule has 3 heterocycles. The summed E-state index contributed by atoms with van der Waals surface area (Å²) in [5.74, 6) is 0.170. The molecule has 1 saturated heterocycles. The Hall–Kier alpha value is -1.91. The molecule has 0 spiro atoms. The number of imidazole rings is 1. The van der Waals surface area contributed by atoms with Gasteiger partial charge < -0.3 is 9.88 Å². The van der Waals surface area contributed by atoms with Crippen LogP contribution in [0.4, 0.5) is 0 Å². The van der Waals surface area contributed by atoms with Crippen LogP contribution < -0.4 is 5.32 Å². The topological polar surface area (TPSA) is 88.1 Å². The lowest BCUT2D eigenvalue weighted by Crippen LogP contribution is -2.55. The molecule has 0 radical (unpaired) electrons. The lowest BCUT2D eigenvalue weighted by atomic mass is 10.0. The Bertz CT molecular complexity index is 540. The number of H-pyrrole nitrogens is 1. The highest BCUT2D eigenvalue weighted by Gasteiger charge is 2.30. The largest absolute Gasteiger partial charge is 0.347 e. The van der Waals surface area contributed by atoms with Gasteiger partial charge in [0.15, 0.2) is 0 Å². The van der Waals surface area contributed by atoms with Crippen molar-refractivity contribution >= 4 is 5.91 Å². The summed E-state index contributed by atoms with van der Waals surface area (Å²) in [6.07, 6.45) is 2.90. The minimum atomic E-state index is -0.161. The van der Waals surface area contributed by atoms with Crippen LogP contribution in [0.15, 0.2) is 6.33 Å². The summed E-state index contributed by atoms with van der Waals surface area (Å²) < 4.78 is 0. The maximum atomic E-state index is 12.6. The van der Waals surface area contributed by atoms with E-state index in [1.54, 1.807) is 6.33 Å². The smallest absolute Gasteiger partial charge is 0.240 e. The molecule has 0 aliphatic carbocycles. The Balaban J connectivity index is 1.52. The summed E-state index contributed by atoms with van der Waals surface area (Å²) in [6.45, 7) is 4.68. The maximum Gasteiger partial charge on any atom is 0.240 e. The molecule has 0 aromatic carbocycles. The van der Waals surface area contributed by atoms with Gasteiger partial charge in [-0.15, -0.1) is 0 Å². The van der Waals surface area contributed by atoms with Crippen LogP contribution in [0.5, 0.6) is 0 Å². The lowest BCUT2D eigenvalue weighted by Gasteiger charge is -2.36. The molecule has 1 fully saturated rings. The quantitative estimate of drug-likeness (QED) is 0.781. The van der Waals surface area contributed by atoms with Gasteiger partial charge in [-0.3, -0.25) is 15.0 Å². The van der Waals surface area contributed by atoms with Crippen LogP contribution in [-0.2, 0) is 17.8 Å². The van der Waals surface area contributed by atoms with Crippen molar-refractivity contribution < 1.29 is 4.79 Å². The maximum absolute atomic E-state index is 12.6. The number of piperazine rings is 1. The summed E-state index contributed by atoms with van der Waals surface area (Å²) in [5.41, 5.74) is 2.08. The first-order valence-electron chi connectivity index (χ1n) is 7.40. The average molecular weight is 288 g/mol. The second-order valence-corrected chi connectivity index (χ2v) is 5.54. The van der Waals surface area contributed by atoms with E-state index >= 15 is 0 Å². The molecule has 3 rings (SSSR count). The van der Waals surface area contributed by atoms with E-state index in [0.29, 0.717) is 19.4 Å². The van der Waals surface area contributed by atoms with Crippen LogP contribution in [0.25, 0.3) is 0 Å². The number of hydrogen-bond donors (Lipinski definition) is 2. The Labute approximate surface area is 123 Å². The van der Waals surface area contributed by atoms with Gasteiger partial charge in [0.25, 0.3) is 0 Å². The number of hydrogen-bond acceptors (Lipinski definition) is 5. The Kier molecular flexibility index (Phi) is 4.18. The molecular formula is C14H20N6O. The minimum absolute atomic E-state index is 0.161. The van der Waals surface area contributed by atoms with Crippen molar-refractivity contribution in [3.8, 4) is 6.07 Å². The van der Waals surface area contributed by atoms with E-state index in [2.05, 4.69) is 26.3 Å². The van der Waals surface area contributed by atoms with Crippen LogP contribution in [0.1, 0.15) is 17.8 Å². The summed E-state index contributed by atoms with van der Waals surface area (Å²) in [5, 5.41) is 11.9. The fraction of sp³-hybridized carbons (Fsp3) is 0.643. The number of nitrogens with one attached hydrogen (secondary N) is 2. The number of carbonyl (C=O) groups is 1. The van der Waals surface area contributed by atoms with Gasteiger partial charge in [-0.2, -0.15) is 5.26 Å². The summed E-state index contributed by atoms with van der Waals surface area (Å²) in [4.78, 5) is 24.1. The molecular weight excluding hydrogens is 268 g/mol. The van der Waals surface area contributed by atoms with Crippen LogP contribution in [0.3, 0.4) is 0 Å². The molecule has 2 aliphatic heterocycles. The van der Waals surface area contributed by atoms with Gasteiger partial charge in [0.1, 0.15) is 0 Å². The third kappa shape index (κ3) is 3.06. The van der Waals surface area contributed by atoms with Crippen LogP contribution in [0.2, 0.25) is 0 Å². The third-order valence-corrected chi connectivity index (χ3v) is 4.25. The SMILES string of the molecule is N#CCCN1CCN(C(=O)C2Cc3nc[nH]c3CN2)CC1. The van der Waals surface area contributed by atoms with E-state index in [1.807, 2.05) is 4.90 Å². The van der Waals surface area contributed by atoms with Crippen molar-refractivity contribution in [1.29, 1.82) is 5.26 Å². The van der Waals surface area contributed by atoms with Crippen LogP contribution in [0, 0.1) is 11.3 Å². The first kappa shape index (κ1) is 14.0. The van der Waals surface area contributed by atoms with E-state index in [1.165, 1.54) is 0 Å². The second kappa shape index (κ2) is 6.24. The average Bonchev–Trinajstić information content (AvgIpc) is 3.00. The van der Waals surface area contributed by atoms with Crippen molar-refractivity contribution in [2.24, 2.45) is 0 Å². The molecule has 1 unspecified atom stereocenters. The van der Waals surface area contributed by atoms with E-state index < -0.39 is 0 Å². The zero-order valence-electron chi connectivity index (χ0n) is 12.0. The molecule has 7 heteroatoms. The molecule has 2 N–H and O–H groups in total. The standard InChI is InChI=1S/C14H20N6O/c15-2-1-3-19-4-6-20(7-5-19)14(21)12-8-11-13(9-16-12)18-10-17-11/h10,12,16H,1,3-9H2,(H,17,18). The second-order valence-electron chi connectivity index (χ2n) is 5.54. The molecule has 7 nitrogen and oxygen atoms in total. The predicted molar refractivity (Wildman–Crippen MR) is 76.2 cm³/mol. The van der Waals surface area contributed by atoms with Gasteiger partial charge in [-0.1, -0.05) is 0 Å². The van der Waals surface area contributed by atoms with E-state index in [4.69, 9.17) is 5.26 Å². The lowest BCUT2D eigenvalue weighted by molar-refractivity contribution is -0.135. The molecule has 0 bridgehead atoms. The summed E-state index contributed by atoms with van der Waals surface area (Å²) in [6, 6.07) is 2.00. The zero-order valence-corrected chi connectivity index (χ0v) is 12.0. The van der Waals surface area contributed by atoms with Gasteiger partial charge >= 0.3 is 0 Å². The number of nitrogens with zero attached hydrogens (tertiary/aromatic N) is 4. The van der Waals surface area contributed by atoms with Crippen molar-refractivity contribution in [2.75, 3.05) is 32.7 Å². The number of amides is 1. The highest BCUT2D eigenvalue weighted by atomic mass is 16.2. The molecule has 112 valence electrons. The minimum Gasteiger partial charge on any atom is -0.347 e. The van der Waals surface area contributed by atoms with Crippen molar-refractivity contribution in [1.82, 2.24) is 25.1 Å². The summed E-state index contributed by atoms with van der Waals surface area (Å²) >= 11 is 0. The van der Waals surface area contributed by atoms with Crippen LogP contribution in [-0.4, -0.2) is 64.4 Å². The fourth-order valence-corrected chi connectivity index (χ4v) is 2.96. The number of rotatable bonds is 3. The number of aromatic amines is 1. The first-order chi connectivity index (χ1) is 10.3. The highest BCUT2D eigenvalue weighted by molar-refractivity contribution is 5.82. The van der Waals surface area contributed by atoms with Crippen molar-refractivity contribution in [3.05, 3.63) is 17.7 Å². The number of aromatic nitrogens is 2. The zero-order chi connectivity index (χ0) is 14.7. The predicted octanol–water partition coefficient (Wildman–Crippen LogP) is -0.518. The molecule has 21 heavy (non-hydrogen) atoms. The monoisotopic (exact) mass is 288 g/mol. The number of fused-ring (bicyclic) bond motifs is 1. The molecule has 1 aromatic rings. The third-order valence-electron chi connectivity index (χ3n) is 4.25. The van der Waals surface area contributed by atoms with E-state index in [9.17, 15) is 4.79 Å². The van der Waals surface area contributed by atoms with Gasteiger partial charge in [0.05, 0.1) is 29.8 Å². The molecule has 1 aromatic heterocycles. The van der Waals surface area contributed by atoms with E-state index in [0.717, 1.165) is 44.1 Å². The Morgan fingerprint density at radius 1 is 1.43 bits per heavy atom. The Morgan fingerprint density at radius 2 is 2.24 bits per heavy atom. The van der Waals surface area contributed by atoms with Crippen molar-refractivity contribution in [2.45, 2.75) is 25.4 Å². The molecule has 2 aliphatic rings. The molecule has 0 saturated carbocycles. The molecule has 1 amide bonds. The van der Waals surface area contributed by atoms with Gasteiger partial charge in [-0.25, -0.2) is 4.98 Å². The molecule has 1 atom stereocenters. The number of nitriles is 1. The summed E-state index contributed by atoms with van der Waals surface area (Å²) in [7, 11) is 0. The van der Waals surface area contributed by atoms with E-state index in [-0.39, 0.29) is 11.9 Å². The highest BCUT2D eigenvalue weighted by Crippen LogP contribution is 2.14. The van der Waals surface area contributed by atoms with Gasteiger partial charge in [0, 0.05) is 52.1 Å². The van der Waals surface area contributed by atoms with Gasteiger partial charge in [-0.05, 0) is 0 Å². The van der Waals surface area contributed by atoms with Crippen LogP contribution >= 0.6 is 0 Å². The fourth-order valence-electron chi connectivity index (χ4n) is 2.96. The first-order valence-corrected chi connectivity index (χ1v) is 7.40. The van der Waals surface area contributed by atoms with Gasteiger partial charge in [0.2, 0.25) is 5.91 Å². The van der Waals surface area contributed by atoms with Crippen molar-refractivity contribution in [3.63, 3.8) is 0 Å². The Morgan fingerprint density at radius 3 is 3.00 bits per heavy atom. The number of carbonyl (C=O) groups excluding carboxylic acids is 1.